The second-order valence-corrected chi connectivity index (χ2v) is 6.84. The number of alkyl halides is 1. The normalized spacial score (nSPS) is 21.7. The van der Waals surface area contributed by atoms with Crippen LogP contribution in [0.2, 0.25) is 5.02 Å². The fraction of sp³-hybridized carbons (Fsp3) is 0.533. The Balaban J connectivity index is 2.00. The summed E-state index contributed by atoms with van der Waals surface area (Å²) >= 11 is 12.4. The summed E-state index contributed by atoms with van der Waals surface area (Å²) < 4.78 is 2.27. The number of benzene rings is 1. The van der Waals surface area contributed by atoms with Gasteiger partial charge in [-0.05, 0) is 51.1 Å². The van der Waals surface area contributed by atoms with Crippen LogP contribution in [0.3, 0.4) is 0 Å². The fourth-order valence-corrected chi connectivity index (χ4v) is 3.38. The van der Waals surface area contributed by atoms with E-state index in [9.17, 15) is 0 Å². The molecule has 1 aliphatic heterocycles. The van der Waals surface area contributed by atoms with Gasteiger partial charge in [-0.1, -0.05) is 11.6 Å². The van der Waals surface area contributed by atoms with E-state index in [0.717, 1.165) is 35.0 Å². The van der Waals surface area contributed by atoms with Crippen molar-refractivity contribution in [3.8, 4) is 0 Å². The molecular formula is C15H19Cl2N3. The molecule has 2 heterocycles. The van der Waals surface area contributed by atoms with Crippen molar-refractivity contribution in [3.05, 3.63) is 29.0 Å². The molecule has 5 heteroatoms. The lowest BCUT2D eigenvalue weighted by Crippen LogP contribution is -2.18. The number of imidazole rings is 1. The van der Waals surface area contributed by atoms with E-state index >= 15 is 0 Å². The highest BCUT2D eigenvalue weighted by molar-refractivity contribution is 6.31. The molecule has 0 aliphatic carbocycles. The SMILES string of the molecule is CC(Cl)c1nc2cc(Cl)ccc2n1CC1CCN(C)C1. The highest BCUT2D eigenvalue weighted by Gasteiger charge is 2.23. The van der Waals surface area contributed by atoms with Gasteiger partial charge < -0.3 is 9.47 Å². The first-order chi connectivity index (χ1) is 9.54. The molecular weight excluding hydrogens is 293 g/mol. The molecule has 20 heavy (non-hydrogen) atoms. The minimum absolute atomic E-state index is 0.0969. The van der Waals surface area contributed by atoms with Crippen LogP contribution >= 0.6 is 23.2 Å². The molecule has 3 nitrogen and oxygen atoms in total. The average Bonchev–Trinajstić information content (AvgIpc) is 2.94. The lowest BCUT2D eigenvalue weighted by atomic mass is 10.1. The topological polar surface area (TPSA) is 21.1 Å². The predicted octanol–water partition coefficient (Wildman–Crippen LogP) is 3.94. The van der Waals surface area contributed by atoms with E-state index in [4.69, 9.17) is 23.2 Å². The van der Waals surface area contributed by atoms with Gasteiger partial charge in [0.25, 0.3) is 0 Å². The van der Waals surface area contributed by atoms with Gasteiger partial charge >= 0.3 is 0 Å². The van der Waals surface area contributed by atoms with Crippen LogP contribution in [-0.2, 0) is 6.54 Å². The van der Waals surface area contributed by atoms with Gasteiger partial charge in [-0.2, -0.15) is 0 Å². The van der Waals surface area contributed by atoms with E-state index in [0.29, 0.717) is 5.92 Å². The number of halogens is 2. The molecule has 0 radical (unpaired) electrons. The molecule has 0 saturated carbocycles. The molecule has 1 aromatic carbocycles. The standard InChI is InChI=1S/C15H19Cl2N3/c1-10(16)15-18-13-7-12(17)3-4-14(13)20(15)9-11-5-6-19(2)8-11/h3-4,7,10-11H,5-6,8-9H2,1-2H3. The van der Waals surface area contributed by atoms with Gasteiger partial charge in [0.1, 0.15) is 5.82 Å². The zero-order chi connectivity index (χ0) is 14.3. The van der Waals surface area contributed by atoms with Crippen molar-refractivity contribution in [2.45, 2.75) is 25.3 Å². The molecule has 1 fully saturated rings. The number of fused-ring (bicyclic) bond motifs is 1. The van der Waals surface area contributed by atoms with E-state index in [1.54, 1.807) is 0 Å². The Kier molecular flexibility index (Phi) is 3.93. The van der Waals surface area contributed by atoms with Crippen molar-refractivity contribution < 1.29 is 0 Å². The Hall–Kier alpha value is -0.770. The first kappa shape index (κ1) is 14.2. The highest BCUT2D eigenvalue weighted by atomic mass is 35.5. The molecule has 2 atom stereocenters. The molecule has 1 saturated heterocycles. The summed E-state index contributed by atoms with van der Waals surface area (Å²) in [7, 11) is 2.18. The maximum atomic E-state index is 6.31. The van der Waals surface area contributed by atoms with Gasteiger partial charge in [-0.15, -0.1) is 11.6 Å². The molecule has 0 N–H and O–H groups in total. The summed E-state index contributed by atoms with van der Waals surface area (Å²) in [6.07, 6.45) is 1.24. The number of rotatable bonds is 3. The van der Waals surface area contributed by atoms with Crippen molar-refractivity contribution in [3.63, 3.8) is 0 Å². The quantitative estimate of drug-likeness (QED) is 0.801. The average molecular weight is 312 g/mol. The van der Waals surface area contributed by atoms with Gasteiger partial charge in [0.05, 0.1) is 16.4 Å². The maximum absolute atomic E-state index is 6.31. The zero-order valence-electron chi connectivity index (χ0n) is 11.8. The van der Waals surface area contributed by atoms with Crippen molar-refractivity contribution in [2.75, 3.05) is 20.1 Å². The second kappa shape index (κ2) is 5.55. The summed E-state index contributed by atoms with van der Waals surface area (Å²) in [5.74, 6) is 1.61. The second-order valence-electron chi connectivity index (χ2n) is 5.75. The van der Waals surface area contributed by atoms with Crippen LogP contribution < -0.4 is 0 Å². The van der Waals surface area contributed by atoms with Crippen LogP contribution in [0.1, 0.15) is 24.5 Å². The van der Waals surface area contributed by atoms with Crippen LogP contribution in [0.25, 0.3) is 11.0 Å². The number of hydrogen-bond acceptors (Lipinski definition) is 2. The number of likely N-dealkylation sites (tertiary alicyclic amines) is 1. The molecule has 0 spiro atoms. The van der Waals surface area contributed by atoms with Crippen LogP contribution in [0.15, 0.2) is 18.2 Å². The smallest absolute Gasteiger partial charge is 0.127 e. The Labute approximate surface area is 129 Å². The molecule has 0 bridgehead atoms. The molecule has 3 rings (SSSR count). The van der Waals surface area contributed by atoms with Gasteiger partial charge in [0.15, 0.2) is 0 Å². The zero-order valence-corrected chi connectivity index (χ0v) is 13.3. The summed E-state index contributed by atoms with van der Waals surface area (Å²) in [5.41, 5.74) is 2.07. The fourth-order valence-electron chi connectivity index (χ4n) is 3.05. The third kappa shape index (κ3) is 2.67. The third-order valence-electron chi connectivity index (χ3n) is 4.03. The summed E-state index contributed by atoms with van der Waals surface area (Å²) in [4.78, 5) is 7.05. The van der Waals surface area contributed by atoms with Gasteiger partial charge in [-0.3, -0.25) is 0 Å². The van der Waals surface area contributed by atoms with E-state index in [1.807, 2.05) is 25.1 Å². The predicted molar refractivity (Wildman–Crippen MR) is 84.6 cm³/mol. The van der Waals surface area contributed by atoms with E-state index in [-0.39, 0.29) is 5.38 Å². The highest BCUT2D eigenvalue weighted by Crippen LogP contribution is 2.28. The first-order valence-electron chi connectivity index (χ1n) is 7.03. The summed E-state index contributed by atoms with van der Waals surface area (Å²) in [5, 5.41) is 0.622. The van der Waals surface area contributed by atoms with E-state index in [1.165, 1.54) is 13.0 Å². The number of aromatic nitrogens is 2. The number of nitrogens with zero attached hydrogens (tertiary/aromatic N) is 3. The van der Waals surface area contributed by atoms with Gasteiger partial charge in [-0.25, -0.2) is 4.98 Å². The molecule has 1 aliphatic rings. The van der Waals surface area contributed by atoms with Crippen molar-refractivity contribution in [1.29, 1.82) is 0 Å². The van der Waals surface area contributed by atoms with Crippen molar-refractivity contribution in [1.82, 2.24) is 14.5 Å². The third-order valence-corrected chi connectivity index (χ3v) is 4.46. The Morgan fingerprint density at radius 2 is 2.25 bits per heavy atom. The molecule has 2 aromatic rings. The minimum atomic E-state index is -0.0969. The summed E-state index contributed by atoms with van der Waals surface area (Å²) in [6, 6.07) is 5.88. The lowest BCUT2D eigenvalue weighted by Gasteiger charge is -2.15. The van der Waals surface area contributed by atoms with Crippen LogP contribution in [0.5, 0.6) is 0 Å². The molecule has 0 amide bonds. The lowest BCUT2D eigenvalue weighted by molar-refractivity contribution is 0.377. The minimum Gasteiger partial charge on any atom is -0.326 e. The van der Waals surface area contributed by atoms with Crippen molar-refractivity contribution in [2.24, 2.45) is 5.92 Å². The first-order valence-corrected chi connectivity index (χ1v) is 7.84. The largest absolute Gasteiger partial charge is 0.326 e. The van der Waals surface area contributed by atoms with Crippen LogP contribution in [0.4, 0.5) is 0 Å². The Morgan fingerprint density at radius 1 is 1.45 bits per heavy atom. The monoisotopic (exact) mass is 311 g/mol. The van der Waals surface area contributed by atoms with Gasteiger partial charge in [0.2, 0.25) is 0 Å². The molecule has 108 valence electrons. The van der Waals surface area contributed by atoms with E-state index in [2.05, 4.69) is 21.5 Å². The Morgan fingerprint density at radius 3 is 2.90 bits per heavy atom. The van der Waals surface area contributed by atoms with E-state index < -0.39 is 0 Å². The maximum Gasteiger partial charge on any atom is 0.127 e. The molecule has 2 unspecified atom stereocenters. The van der Waals surface area contributed by atoms with Gasteiger partial charge in [0, 0.05) is 18.1 Å². The number of hydrogen-bond donors (Lipinski definition) is 0. The van der Waals surface area contributed by atoms with Crippen LogP contribution in [0, 0.1) is 5.92 Å². The van der Waals surface area contributed by atoms with Crippen LogP contribution in [-0.4, -0.2) is 34.6 Å². The molecule has 1 aromatic heterocycles. The summed E-state index contributed by atoms with van der Waals surface area (Å²) in [6.45, 7) is 5.27. The Bertz CT molecular complexity index is 621. The van der Waals surface area contributed by atoms with Crippen molar-refractivity contribution >= 4 is 34.2 Å².